The third-order valence-electron chi connectivity index (χ3n) is 12.2. The fourth-order valence-electron chi connectivity index (χ4n) is 8.19. The van der Waals surface area contributed by atoms with Crippen molar-refractivity contribution < 1.29 is 43.7 Å². The molecule has 2 bridgehead atoms. The van der Waals surface area contributed by atoms with Gasteiger partial charge in [-0.2, -0.15) is 0 Å². The molecule has 2 aliphatic heterocycles. The van der Waals surface area contributed by atoms with Gasteiger partial charge >= 0.3 is 5.97 Å². The molecule has 1 aliphatic carbocycles. The number of Topliss-reactive ketones (excluding diaryl/α,β-unsaturated/α-hetero) is 1. The Bertz CT molecular complexity index is 1830. The van der Waals surface area contributed by atoms with E-state index in [1.165, 1.54) is 36.6 Å². The highest BCUT2D eigenvalue weighted by molar-refractivity contribution is 5.93. The summed E-state index contributed by atoms with van der Waals surface area (Å²) in [5.74, 6) is -4.39. The smallest absolute Gasteiger partial charge is 0.325 e. The van der Waals surface area contributed by atoms with Crippen LogP contribution in [0.5, 0.6) is 5.75 Å². The molecule has 1 saturated carbocycles. The molecule has 14 nitrogen and oxygen atoms in total. The van der Waals surface area contributed by atoms with Gasteiger partial charge in [0.1, 0.15) is 35.8 Å². The molecule has 0 aromatic heterocycles. The van der Waals surface area contributed by atoms with Crippen molar-refractivity contribution in [3.8, 4) is 5.75 Å². The van der Waals surface area contributed by atoms with Crippen LogP contribution < -0.4 is 16.1 Å². The number of ether oxygens (including phenoxy) is 1. The molecule has 0 radical (unpaired) electrons. The number of aromatic hydroxyl groups is 1. The van der Waals surface area contributed by atoms with Gasteiger partial charge in [-0.05, 0) is 87.5 Å². The van der Waals surface area contributed by atoms with Crippen molar-refractivity contribution in [2.45, 2.75) is 148 Å². The SMILES string of the molecule is CC(=O)CC[C@H]1C(=O)N[C@@H](C(C)C)C(=O)N[C@@H](Cc2cccc(O)c2)C(=O)N2CCCC(N2)C(=O)O[C@H](C(C)=CC=CC(=O)N(C)C2CCCCC2)CC=CC=CC[C@H](C)[C@H]1O. The van der Waals surface area contributed by atoms with Gasteiger partial charge in [0.2, 0.25) is 17.7 Å². The molecule has 7 atom stereocenters. The summed E-state index contributed by atoms with van der Waals surface area (Å²) in [6.07, 6.45) is 17.6. The second kappa shape index (κ2) is 24.5. The van der Waals surface area contributed by atoms with E-state index in [1.54, 1.807) is 43.0 Å². The van der Waals surface area contributed by atoms with Crippen molar-refractivity contribution >= 4 is 35.4 Å². The number of hydrazine groups is 1. The fraction of sp³-hybridized carbons (Fsp3) is 0.583. The first-order valence-corrected chi connectivity index (χ1v) is 22.3. The predicted molar refractivity (Wildman–Crippen MR) is 237 cm³/mol. The molecule has 1 saturated heterocycles. The molecule has 340 valence electrons. The molecule has 1 unspecified atom stereocenters. The van der Waals surface area contributed by atoms with Crippen LogP contribution in [0.3, 0.4) is 0 Å². The molecule has 62 heavy (non-hydrogen) atoms. The van der Waals surface area contributed by atoms with Gasteiger partial charge < -0.3 is 35.3 Å². The number of amides is 4. The highest BCUT2D eigenvalue weighted by Crippen LogP contribution is 2.25. The number of ketones is 1. The molecular weight excluding hydrogens is 791 g/mol. The molecule has 3 aliphatic rings. The first-order chi connectivity index (χ1) is 29.5. The zero-order valence-corrected chi connectivity index (χ0v) is 37.4. The number of nitrogens with one attached hydrogen (secondary N) is 3. The van der Waals surface area contributed by atoms with Crippen LogP contribution in [-0.2, 0) is 39.9 Å². The minimum absolute atomic E-state index is 0.0130. The number of carbonyl (C=O) groups excluding carboxylic acids is 6. The quantitative estimate of drug-likeness (QED) is 0.119. The molecule has 4 rings (SSSR count). The average molecular weight is 860 g/mol. The lowest BCUT2D eigenvalue weighted by Crippen LogP contribution is -2.62. The van der Waals surface area contributed by atoms with Crippen LogP contribution >= 0.6 is 0 Å². The average Bonchev–Trinajstić information content (AvgIpc) is 3.24. The van der Waals surface area contributed by atoms with E-state index in [0.29, 0.717) is 36.8 Å². The summed E-state index contributed by atoms with van der Waals surface area (Å²) in [6.45, 7) is 8.80. The van der Waals surface area contributed by atoms with Crippen molar-refractivity contribution in [1.82, 2.24) is 26.0 Å². The number of hydrogen-bond acceptors (Lipinski definition) is 10. The first kappa shape index (κ1) is 49.6. The van der Waals surface area contributed by atoms with Crippen molar-refractivity contribution in [3.05, 3.63) is 77.9 Å². The second-order valence-corrected chi connectivity index (χ2v) is 17.6. The number of aliphatic hydroxyl groups is 1. The van der Waals surface area contributed by atoms with Crippen LogP contribution in [0, 0.1) is 17.8 Å². The summed E-state index contributed by atoms with van der Waals surface area (Å²) in [4.78, 5) is 83.2. The Balaban J connectivity index is 1.67. The zero-order chi connectivity index (χ0) is 45.3. The van der Waals surface area contributed by atoms with Gasteiger partial charge in [-0.25, -0.2) is 5.43 Å². The van der Waals surface area contributed by atoms with Crippen LogP contribution in [0.1, 0.15) is 111 Å². The minimum Gasteiger partial charge on any atom is -0.508 e. The maximum Gasteiger partial charge on any atom is 0.325 e. The van der Waals surface area contributed by atoms with Gasteiger partial charge in [-0.1, -0.05) is 88.6 Å². The Morgan fingerprint density at radius 3 is 2.35 bits per heavy atom. The predicted octanol–water partition coefficient (Wildman–Crippen LogP) is 5.15. The lowest BCUT2D eigenvalue weighted by atomic mass is 9.85. The normalized spacial score (nSPS) is 26.9. The number of fused-ring (bicyclic) bond motifs is 2. The Labute approximate surface area is 367 Å². The lowest BCUT2D eigenvalue weighted by molar-refractivity contribution is -0.156. The zero-order valence-electron chi connectivity index (χ0n) is 37.4. The van der Waals surface area contributed by atoms with E-state index >= 15 is 0 Å². The fourth-order valence-corrected chi connectivity index (χ4v) is 8.19. The van der Waals surface area contributed by atoms with Crippen molar-refractivity contribution in [3.63, 3.8) is 0 Å². The number of phenolic OH excluding ortho intramolecular Hbond substituents is 1. The number of nitrogens with zero attached hydrogens (tertiary/aromatic N) is 2. The number of rotatable bonds is 10. The van der Waals surface area contributed by atoms with Gasteiger partial charge in [-0.3, -0.25) is 29.0 Å². The van der Waals surface area contributed by atoms with Gasteiger partial charge in [0.15, 0.2) is 0 Å². The maximum absolute atomic E-state index is 14.4. The number of esters is 1. The molecule has 1 aromatic carbocycles. The van der Waals surface area contributed by atoms with E-state index < -0.39 is 71.8 Å². The molecule has 0 spiro atoms. The third kappa shape index (κ3) is 15.1. The molecule has 5 N–H and O–H groups in total. The molecule has 4 amide bonds. The number of cyclic esters (lactones) is 1. The Kier molecular flexibility index (Phi) is 19.6. The van der Waals surface area contributed by atoms with Crippen LogP contribution in [0.2, 0.25) is 0 Å². The number of carbonyl (C=O) groups is 6. The largest absolute Gasteiger partial charge is 0.508 e. The number of allylic oxidation sites excluding steroid dienone is 5. The standard InChI is InChI=1S/C48H69N5O9/c1-31(2)43-46(59)49-40(30-35-19-15-22-37(55)29-35)47(60)53-28-16-23-39(51-53)48(61)62-41(32(3)18-14-25-42(56)52(6)36-20-11-9-12-21-36)24-13-8-7-10-17-33(4)44(57)38(45(58)50-43)27-26-34(5)54/h7-8,10,13-15,18-19,22,25,29,31,33,36,38-41,43-44,51,55,57H,9,11-12,16-17,20-21,23-24,26-28,30H2,1-6H3,(H,49,59)(H,50,58)/t33-,38+,39?,40-,41-,43-,44+/m0/s1. The number of hydrogen-bond donors (Lipinski definition) is 5. The highest BCUT2D eigenvalue weighted by atomic mass is 16.5. The van der Waals surface area contributed by atoms with E-state index in [2.05, 4.69) is 16.1 Å². The van der Waals surface area contributed by atoms with E-state index in [-0.39, 0.29) is 49.3 Å². The summed E-state index contributed by atoms with van der Waals surface area (Å²) >= 11 is 0. The van der Waals surface area contributed by atoms with Crippen LogP contribution in [-0.4, -0.2) is 105 Å². The lowest BCUT2D eigenvalue weighted by Gasteiger charge is -2.36. The van der Waals surface area contributed by atoms with Crippen molar-refractivity contribution in [1.29, 1.82) is 0 Å². The maximum atomic E-state index is 14.4. The second-order valence-electron chi connectivity index (χ2n) is 17.6. The van der Waals surface area contributed by atoms with E-state index in [1.807, 2.05) is 45.2 Å². The van der Waals surface area contributed by atoms with E-state index in [4.69, 9.17) is 4.74 Å². The van der Waals surface area contributed by atoms with Gasteiger partial charge in [0, 0.05) is 45.0 Å². The van der Waals surface area contributed by atoms with E-state index in [0.717, 1.165) is 25.7 Å². The first-order valence-electron chi connectivity index (χ1n) is 22.3. The van der Waals surface area contributed by atoms with Crippen LogP contribution in [0.15, 0.2) is 72.4 Å². The van der Waals surface area contributed by atoms with Gasteiger partial charge in [0.05, 0.1) is 12.0 Å². The number of phenols is 1. The molecule has 2 fully saturated rings. The highest BCUT2D eigenvalue weighted by Gasteiger charge is 2.38. The topological polar surface area (TPSA) is 195 Å². The summed E-state index contributed by atoms with van der Waals surface area (Å²) in [5.41, 5.74) is 4.31. The van der Waals surface area contributed by atoms with Gasteiger partial charge in [0.25, 0.3) is 5.91 Å². The molecular formula is C48H69N5O9. The van der Waals surface area contributed by atoms with Gasteiger partial charge in [-0.15, -0.1) is 0 Å². The minimum atomic E-state index is -1.18. The van der Waals surface area contributed by atoms with E-state index in [9.17, 15) is 39.0 Å². The van der Waals surface area contributed by atoms with Crippen molar-refractivity contribution in [2.24, 2.45) is 17.8 Å². The summed E-state index contributed by atoms with van der Waals surface area (Å²) in [5, 5.41) is 28.7. The third-order valence-corrected chi connectivity index (χ3v) is 12.2. The summed E-state index contributed by atoms with van der Waals surface area (Å²) < 4.78 is 6.12. The number of benzene rings is 1. The summed E-state index contributed by atoms with van der Waals surface area (Å²) in [6, 6.07) is 3.39. The molecule has 14 heteroatoms. The summed E-state index contributed by atoms with van der Waals surface area (Å²) in [7, 11) is 1.83. The molecule has 2 heterocycles. The number of likely N-dealkylation sites (N-methyl/N-ethyl adjacent to an activating group) is 1. The Morgan fingerprint density at radius 2 is 1.68 bits per heavy atom. The van der Waals surface area contributed by atoms with Crippen molar-refractivity contribution in [2.75, 3.05) is 13.6 Å². The number of aliphatic hydroxyl groups excluding tert-OH is 1. The monoisotopic (exact) mass is 860 g/mol. The Hall–Kier alpha value is -5.08. The Morgan fingerprint density at radius 1 is 0.968 bits per heavy atom. The molecule has 1 aromatic rings. The van der Waals surface area contributed by atoms with Crippen LogP contribution in [0.4, 0.5) is 0 Å². The van der Waals surface area contributed by atoms with Crippen LogP contribution in [0.25, 0.3) is 0 Å².